The van der Waals surface area contributed by atoms with Gasteiger partial charge in [0, 0.05) is 10.5 Å². The van der Waals surface area contributed by atoms with E-state index in [0.29, 0.717) is 0 Å². The Balaban J connectivity index is 1.71. The average Bonchev–Trinajstić information content (AvgIpc) is 2.94. The lowest BCUT2D eigenvalue weighted by Gasteiger charge is -2.25. The van der Waals surface area contributed by atoms with Gasteiger partial charge in [0.2, 0.25) is 0 Å². The molecular weight excluding hydrogens is 286 g/mol. The fourth-order valence-electron chi connectivity index (χ4n) is 4.07. The van der Waals surface area contributed by atoms with Crippen LogP contribution in [0, 0.1) is 24.7 Å². The Bertz CT molecular complexity index is 443. The zero-order chi connectivity index (χ0) is 12.7. The van der Waals surface area contributed by atoms with Gasteiger partial charge < -0.3 is 5.73 Å². The number of fused-ring (bicyclic) bond motifs is 2. The van der Waals surface area contributed by atoms with Crippen LogP contribution >= 0.6 is 15.9 Å². The molecule has 0 radical (unpaired) electrons. The van der Waals surface area contributed by atoms with Gasteiger partial charge in [-0.05, 0) is 61.5 Å². The topological polar surface area (TPSA) is 26.0 Å². The van der Waals surface area contributed by atoms with Crippen LogP contribution in [0.2, 0.25) is 0 Å². The van der Waals surface area contributed by atoms with Crippen LogP contribution < -0.4 is 5.73 Å². The third-order valence-electron chi connectivity index (χ3n) is 5.06. The molecule has 0 aliphatic heterocycles. The molecule has 98 valence electrons. The Kier molecular flexibility index (Phi) is 3.50. The Labute approximate surface area is 118 Å². The first kappa shape index (κ1) is 12.7. The number of rotatable bonds is 3. The predicted octanol–water partition coefficient (Wildman–Crippen LogP) is 4.58. The van der Waals surface area contributed by atoms with Crippen LogP contribution in [0.5, 0.6) is 0 Å². The van der Waals surface area contributed by atoms with E-state index >= 15 is 0 Å². The van der Waals surface area contributed by atoms with Crippen molar-refractivity contribution in [1.82, 2.24) is 0 Å². The number of hydrogen-bond acceptors (Lipinski definition) is 1. The van der Waals surface area contributed by atoms with E-state index in [9.17, 15) is 0 Å². The molecule has 0 spiro atoms. The summed E-state index contributed by atoms with van der Waals surface area (Å²) in [6.07, 6.45) is 7.01. The van der Waals surface area contributed by atoms with Gasteiger partial charge in [0.25, 0.3) is 0 Å². The molecule has 4 unspecified atom stereocenters. The first-order chi connectivity index (χ1) is 8.65. The van der Waals surface area contributed by atoms with Gasteiger partial charge in [0.05, 0.1) is 0 Å². The number of hydrogen-bond donors (Lipinski definition) is 1. The first-order valence-corrected chi connectivity index (χ1v) is 7.95. The third kappa shape index (κ3) is 2.25. The summed E-state index contributed by atoms with van der Waals surface area (Å²) in [5, 5.41) is 0. The minimum absolute atomic E-state index is 0.198. The molecule has 1 aromatic carbocycles. The zero-order valence-electron chi connectivity index (χ0n) is 11.0. The van der Waals surface area contributed by atoms with Crippen LogP contribution in [0.25, 0.3) is 0 Å². The maximum absolute atomic E-state index is 6.45. The lowest BCUT2D eigenvalue weighted by atomic mass is 9.83. The summed E-state index contributed by atoms with van der Waals surface area (Å²) in [7, 11) is 0. The van der Waals surface area contributed by atoms with Crippen molar-refractivity contribution in [1.29, 1.82) is 0 Å². The minimum atomic E-state index is 0.198. The van der Waals surface area contributed by atoms with E-state index in [0.717, 1.165) is 17.8 Å². The van der Waals surface area contributed by atoms with Crippen molar-refractivity contribution >= 4 is 15.9 Å². The molecule has 18 heavy (non-hydrogen) atoms. The van der Waals surface area contributed by atoms with Crippen LogP contribution in [0.3, 0.4) is 0 Å². The van der Waals surface area contributed by atoms with Gasteiger partial charge in [0.1, 0.15) is 0 Å². The van der Waals surface area contributed by atoms with Gasteiger partial charge in [-0.25, -0.2) is 0 Å². The summed E-state index contributed by atoms with van der Waals surface area (Å²) in [4.78, 5) is 0. The van der Waals surface area contributed by atoms with Gasteiger partial charge in [0.15, 0.2) is 0 Å². The molecule has 2 aliphatic carbocycles. The summed E-state index contributed by atoms with van der Waals surface area (Å²) in [6, 6.07) is 6.63. The molecule has 2 aliphatic rings. The Morgan fingerprint density at radius 2 is 2.17 bits per heavy atom. The van der Waals surface area contributed by atoms with Gasteiger partial charge in [-0.2, -0.15) is 0 Å². The van der Waals surface area contributed by atoms with E-state index < -0.39 is 0 Å². The average molecular weight is 308 g/mol. The fourth-order valence-corrected chi connectivity index (χ4v) is 4.63. The lowest BCUT2D eigenvalue weighted by molar-refractivity contribution is 0.296. The van der Waals surface area contributed by atoms with E-state index in [1.165, 1.54) is 47.7 Å². The highest BCUT2D eigenvalue weighted by Gasteiger charge is 2.39. The molecule has 2 bridgehead atoms. The highest BCUT2D eigenvalue weighted by atomic mass is 79.9. The second-order valence-electron chi connectivity index (χ2n) is 6.26. The van der Waals surface area contributed by atoms with Crippen molar-refractivity contribution in [2.24, 2.45) is 23.5 Å². The van der Waals surface area contributed by atoms with Crippen molar-refractivity contribution in [3.63, 3.8) is 0 Å². The first-order valence-electron chi connectivity index (χ1n) is 7.15. The SMILES string of the molecule is Cc1cccc(C(N)CC2CC3CCC2C3)c1Br. The van der Waals surface area contributed by atoms with Crippen molar-refractivity contribution in [2.75, 3.05) is 0 Å². The van der Waals surface area contributed by atoms with Crippen LogP contribution in [0.4, 0.5) is 0 Å². The largest absolute Gasteiger partial charge is 0.324 e. The number of benzene rings is 1. The highest BCUT2D eigenvalue weighted by Crippen LogP contribution is 2.50. The molecule has 2 fully saturated rings. The fraction of sp³-hybridized carbons (Fsp3) is 0.625. The van der Waals surface area contributed by atoms with E-state index in [1.807, 2.05) is 0 Å². The summed E-state index contributed by atoms with van der Waals surface area (Å²) < 4.78 is 1.21. The second-order valence-corrected chi connectivity index (χ2v) is 7.05. The maximum Gasteiger partial charge on any atom is 0.0308 e. The highest BCUT2D eigenvalue weighted by molar-refractivity contribution is 9.10. The Morgan fingerprint density at radius 1 is 1.33 bits per heavy atom. The van der Waals surface area contributed by atoms with Crippen LogP contribution in [-0.2, 0) is 0 Å². The van der Waals surface area contributed by atoms with Gasteiger partial charge in [-0.15, -0.1) is 0 Å². The molecule has 0 saturated heterocycles. The van der Waals surface area contributed by atoms with Crippen molar-refractivity contribution in [2.45, 2.75) is 45.1 Å². The standard InChI is InChI=1S/C16H22BrN/c1-10-3-2-4-14(16(10)17)15(18)9-13-8-11-5-6-12(13)7-11/h2-4,11-13,15H,5-9,18H2,1H3. The predicted molar refractivity (Wildman–Crippen MR) is 79.4 cm³/mol. The smallest absolute Gasteiger partial charge is 0.0308 e. The van der Waals surface area contributed by atoms with Gasteiger partial charge >= 0.3 is 0 Å². The maximum atomic E-state index is 6.45. The van der Waals surface area contributed by atoms with E-state index in [1.54, 1.807) is 0 Å². The molecule has 4 atom stereocenters. The van der Waals surface area contributed by atoms with Crippen molar-refractivity contribution in [3.8, 4) is 0 Å². The number of halogens is 1. The second kappa shape index (κ2) is 4.97. The molecule has 1 nitrogen and oxygen atoms in total. The summed E-state index contributed by atoms with van der Waals surface area (Å²) in [5.74, 6) is 2.88. The molecule has 2 N–H and O–H groups in total. The summed E-state index contributed by atoms with van der Waals surface area (Å²) in [5.41, 5.74) is 9.02. The van der Waals surface area contributed by atoms with Crippen LogP contribution in [-0.4, -0.2) is 0 Å². The summed E-state index contributed by atoms with van der Waals surface area (Å²) >= 11 is 3.69. The van der Waals surface area contributed by atoms with E-state index in [2.05, 4.69) is 41.1 Å². The van der Waals surface area contributed by atoms with E-state index in [4.69, 9.17) is 5.73 Å². The molecule has 2 saturated carbocycles. The number of aryl methyl sites for hydroxylation is 1. The normalized spacial score (nSPS) is 31.8. The Hall–Kier alpha value is -0.340. The van der Waals surface area contributed by atoms with Gasteiger partial charge in [-0.1, -0.05) is 40.5 Å². The minimum Gasteiger partial charge on any atom is -0.324 e. The zero-order valence-corrected chi connectivity index (χ0v) is 12.6. The van der Waals surface area contributed by atoms with Crippen molar-refractivity contribution in [3.05, 3.63) is 33.8 Å². The lowest BCUT2D eigenvalue weighted by Crippen LogP contribution is -2.20. The molecule has 3 rings (SSSR count). The van der Waals surface area contributed by atoms with Crippen LogP contribution in [0.15, 0.2) is 22.7 Å². The molecule has 0 aromatic heterocycles. The molecule has 0 heterocycles. The van der Waals surface area contributed by atoms with Gasteiger partial charge in [-0.3, -0.25) is 0 Å². The molecular formula is C16H22BrN. The van der Waals surface area contributed by atoms with E-state index in [-0.39, 0.29) is 6.04 Å². The third-order valence-corrected chi connectivity index (χ3v) is 6.15. The number of nitrogens with two attached hydrogens (primary N) is 1. The molecule has 1 aromatic rings. The quantitative estimate of drug-likeness (QED) is 0.869. The monoisotopic (exact) mass is 307 g/mol. The summed E-state index contributed by atoms with van der Waals surface area (Å²) in [6.45, 7) is 2.14. The van der Waals surface area contributed by atoms with Crippen molar-refractivity contribution < 1.29 is 0 Å². The molecule has 0 amide bonds. The Morgan fingerprint density at radius 3 is 2.83 bits per heavy atom. The van der Waals surface area contributed by atoms with Crippen LogP contribution in [0.1, 0.15) is 49.3 Å². The molecule has 2 heteroatoms.